The van der Waals surface area contributed by atoms with Gasteiger partial charge in [0.05, 0.1) is 6.54 Å². The average molecular weight is 366 g/mol. The minimum absolute atomic E-state index is 0.814. The number of nitrogens with one attached hydrogen (secondary N) is 1. The molecule has 138 valence electrons. The number of H-pyrrole nitrogens is 1. The van der Waals surface area contributed by atoms with E-state index in [9.17, 15) is 0 Å². The molecule has 1 aliphatic heterocycles. The molecule has 0 unspecified atom stereocenters. The molecule has 0 saturated heterocycles. The fourth-order valence-corrected chi connectivity index (χ4v) is 3.87. The van der Waals surface area contributed by atoms with Gasteiger partial charge in [0, 0.05) is 42.2 Å². The van der Waals surface area contributed by atoms with E-state index >= 15 is 0 Å². The van der Waals surface area contributed by atoms with E-state index in [1.54, 1.807) is 0 Å². The van der Waals surface area contributed by atoms with Crippen molar-refractivity contribution in [1.29, 1.82) is 0 Å². The lowest BCUT2D eigenvalue weighted by Gasteiger charge is -2.06. The molecule has 0 spiro atoms. The van der Waals surface area contributed by atoms with Gasteiger partial charge in [-0.15, -0.1) is 0 Å². The second kappa shape index (κ2) is 7.04. The van der Waals surface area contributed by atoms with Gasteiger partial charge in [-0.3, -0.25) is 4.99 Å². The molecule has 5 rings (SSSR count). The highest BCUT2D eigenvalue weighted by Gasteiger charge is 2.08. The number of aliphatic imine (C=N–C) groups is 1. The number of nitrogens with zero attached hydrogens (tertiary/aromatic N) is 3. The van der Waals surface area contributed by atoms with Crippen LogP contribution in [0.2, 0.25) is 0 Å². The Balaban J connectivity index is 1.29. The van der Waals surface area contributed by atoms with Crippen LogP contribution < -0.4 is 0 Å². The summed E-state index contributed by atoms with van der Waals surface area (Å²) in [6.07, 6.45) is 6.47. The van der Waals surface area contributed by atoms with Crippen LogP contribution in [0.25, 0.3) is 10.9 Å². The smallest absolute Gasteiger partial charge is 0.128 e. The summed E-state index contributed by atoms with van der Waals surface area (Å²) in [5, 5.41) is 1.25. The summed E-state index contributed by atoms with van der Waals surface area (Å²) in [7, 11) is 0. The molecule has 0 saturated carbocycles. The lowest BCUT2D eigenvalue weighted by atomic mass is 10.0. The summed E-state index contributed by atoms with van der Waals surface area (Å²) >= 11 is 0. The molecule has 0 fully saturated rings. The molecule has 4 heteroatoms. The third-order valence-corrected chi connectivity index (χ3v) is 5.31. The molecule has 28 heavy (non-hydrogen) atoms. The lowest BCUT2D eigenvalue weighted by Crippen LogP contribution is -2.02. The molecule has 4 nitrogen and oxygen atoms in total. The molecule has 0 atom stereocenters. The van der Waals surface area contributed by atoms with Crippen molar-refractivity contribution in [2.75, 3.05) is 0 Å². The predicted molar refractivity (Wildman–Crippen MR) is 113 cm³/mol. The van der Waals surface area contributed by atoms with Gasteiger partial charge in [-0.25, -0.2) is 9.97 Å². The average Bonchev–Trinajstić information content (AvgIpc) is 3.31. The van der Waals surface area contributed by atoms with Gasteiger partial charge in [0.2, 0.25) is 0 Å². The topological polar surface area (TPSA) is 53.9 Å². The molecule has 0 aliphatic carbocycles. The second-order valence-electron chi connectivity index (χ2n) is 7.52. The van der Waals surface area contributed by atoms with Crippen LogP contribution >= 0.6 is 0 Å². The number of aryl methyl sites for hydroxylation is 3. The summed E-state index contributed by atoms with van der Waals surface area (Å²) in [6.45, 7) is 2.90. The number of fused-ring (bicyclic) bond motifs is 2. The van der Waals surface area contributed by atoms with Gasteiger partial charge in [-0.05, 0) is 71.3 Å². The van der Waals surface area contributed by atoms with Crippen LogP contribution in [0.15, 0.2) is 59.7 Å². The Hall–Kier alpha value is -3.27. The van der Waals surface area contributed by atoms with Gasteiger partial charge in [0.1, 0.15) is 5.82 Å². The summed E-state index contributed by atoms with van der Waals surface area (Å²) in [5.74, 6) is 0.908. The van der Waals surface area contributed by atoms with E-state index in [1.165, 1.54) is 38.9 Å². The summed E-state index contributed by atoms with van der Waals surface area (Å²) in [5.41, 5.74) is 8.60. The van der Waals surface area contributed by atoms with Crippen LogP contribution in [-0.2, 0) is 25.8 Å². The van der Waals surface area contributed by atoms with Crippen molar-refractivity contribution < 1.29 is 0 Å². The van der Waals surface area contributed by atoms with E-state index < -0.39 is 0 Å². The Kier molecular flexibility index (Phi) is 4.24. The lowest BCUT2D eigenvalue weighted by molar-refractivity contribution is 0.836. The Morgan fingerprint density at radius 2 is 1.89 bits per heavy atom. The molecule has 1 aliphatic rings. The summed E-state index contributed by atoms with van der Waals surface area (Å²) in [6, 6.07) is 17.4. The first-order valence-corrected chi connectivity index (χ1v) is 9.74. The SMILES string of the molecule is Cc1cc2cc(Cc3ccnc(CCc4ccc5c(c4)C=NC5)n3)ccc2[nH]1. The van der Waals surface area contributed by atoms with Crippen LogP contribution in [0.4, 0.5) is 0 Å². The fourth-order valence-electron chi connectivity index (χ4n) is 3.87. The Morgan fingerprint density at radius 3 is 2.86 bits per heavy atom. The van der Waals surface area contributed by atoms with Gasteiger partial charge in [0.25, 0.3) is 0 Å². The predicted octanol–water partition coefficient (Wildman–Crippen LogP) is 4.57. The van der Waals surface area contributed by atoms with E-state index in [1.807, 2.05) is 18.5 Å². The molecule has 0 amide bonds. The van der Waals surface area contributed by atoms with Crippen LogP contribution in [0.5, 0.6) is 0 Å². The molecular weight excluding hydrogens is 344 g/mol. The van der Waals surface area contributed by atoms with Gasteiger partial charge in [-0.2, -0.15) is 0 Å². The highest BCUT2D eigenvalue weighted by molar-refractivity contribution is 5.84. The van der Waals surface area contributed by atoms with Gasteiger partial charge >= 0.3 is 0 Å². The Morgan fingerprint density at radius 1 is 0.964 bits per heavy atom. The van der Waals surface area contributed by atoms with Crippen LogP contribution in [0.1, 0.15) is 39.5 Å². The zero-order valence-electron chi connectivity index (χ0n) is 15.9. The first kappa shape index (κ1) is 16.9. The van der Waals surface area contributed by atoms with Gasteiger partial charge in [-0.1, -0.05) is 18.2 Å². The molecule has 2 aromatic carbocycles. The summed E-state index contributed by atoms with van der Waals surface area (Å²) < 4.78 is 0. The zero-order chi connectivity index (χ0) is 18.9. The number of hydrogen-bond acceptors (Lipinski definition) is 3. The van der Waals surface area contributed by atoms with E-state index in [2.05, 4.69) is 64.3 Å². The van der Waals surface area contributed by atoms with Crippen molar-refractivity contribution in [2.45, 2.75) is 32.7 Å². The highest BCUT2D eigenvalue weighted by atomic mass is 14.9. The van der Waals surface area contributed by atoms with Crippen LogP contribution in [0.3, 0.4) is 0 Å². The van der Waals surface area contributed by atoms with Crippen molar-refractivity contribution in [2.24, 2.45) is 4.99 Å². The number of aromatic nitrogens is 3. The van der Waals surface area contributed by atoms with Crippen molar-refractivity contribution in [1.82, 2.24) is 15.0 Å². The number of benzene rings is 2. The van der Waals surface area contributed by atoms with Crippen molar-refractivity contribution >= 4 is 17.1 Å². The van der Waals surface area contributed by atoms with E-state index in [-0.39, 0.29) is 0 Å². The van der Waals surface area contributed by atoms with Crippen LogP contribution in [0, 0.1) is 6.92 Å². The monoisotopic (exact) mass is 366 g/mol. The normalized spacial score (nSPS) is 12.6. The molecule has 3 heterocycles. The first-order chi connectivity index (χ1) is 13.7. The van der Waals surface area contributed by atoms with Crippen LogP contribution in [-0.4, -0.2) is 21.2 Å². The minimum atomic E-state index is 0.814. The van der Waals surface area contributed by atoms with Crippen molar-refractivity contribution in [3.63, 3.8) is 0 Å². The van der Waals surface area contributed by atoms with E-state index in [0.717, 1.165) is 37.3 Å². The molecular formula is C24H22N4. The highest BCUT2D eigenvalue weighted by Crippen LogP contribution is 2.19. The van der Waals surface area contributed by atoms with E-state index in [4.69, 9.17) is 4.98 Å². The van der Waals surface area contributed by atoms with Gasteiger partial charge in [0.15, 0.2) is 0 Å². The summed E-state index contributed by atoms with van der Waals surface area (Å²) in [4.78, 5) is 17.0. The number of aromatic amines is 1. The second-order valence-corrected chi connectivity index (χ2v) is 7.52. The third kappa shape index (κ3) is 3.46. The van der Waals surface area contributed by atoms with Crippen molar-refractivity contribution in [3.05, 3.63) is 94.2 Å². The maximum Gasteiger partial charge on any atom is 0.128 e. The molecule has 0 bridgehead atoms. The Labute approximate surface area is 164 Å². The maximum atomic E-state index is 4.80. The quantitative estimate of drug-likeness (QED) is 0.562. The molecule has 2 aromatic heterocycles. The van der Waals surface area contributed by atoms with E-state index in [0.29, 0.717) is 0 Å². The Bertz CT molecular complexity index is 1190. The maximum absolute atomic E-state index is 4.80. The van der Waals surface area contributed by atoms with Crippen molar-refractivity contribution in [3.8, 4) is 0 Å². The minimum Gasteiger partial charge on any atom is -0.359 e. The number of hydrogen-bond donors (Lipinski definition) is 1. The largest absolute Gasteiger partial charge is 0.359 e. The molecule has 0 radical (unpaired) electrons. The molecule has 1 N–H and O–H groups in total. The van der Waals surface area contributed by atoms with Gasteiger partial charge < -0.3 is 4.98 Å². The standard InChI is InChI=1S/C24H22N4/c1-16-10-20-12-18(3-6-23(20)27-16)13-22-8-9-26-24(28-22)7-4-17-2-5-19-14-25-15-21(19)11-17/h2-3,5-6,8-12,15,27H,4,7,13-14H2,1H3. The third-order valence-electron chi connectivity index (χ3n) is 5.31. The fraction of sp³-hybridized carbons (Fsp3) is 0.208. The zero-order valence-corrected chi connectivity index (χ0v) is 15.9. The number of rotatable bonds is 5. The first-order valence-electron chi connectivity index (χ1n) is 9.74. The molecule has 4 aromatic rings.